The molecule has 0 heterocycles. The summed E-state index contributed by atoms with van der Waals surface area (Å²) in [5.74, 6) is 1.28. The summed E-state index contributed by atoms with van der Waals surface area (Å²) >= 11 is 0. The molecule has 0 aromatic rings. The van der Waals surface area contributed by atoms with Crippen LogP contribution in [0.15, 0.2) is 0 Å². The molecule has 1 aliphatic carbocycles. The van der Waals surface area contributed by atoms with Crippen LogP contribution in [-0.4, -0.2) is 38.5 Å². The lowest BCUT2D eigenvalue weighted by Gasteiger charge is -2.29. The molecule has 1 aliphatic rings. The van der Waals surface area contributed by atoms with E-state index in [1.165, 1.54) is 32.1 Å². The van der Waals surface area contributed by atoms with Crippen LogP contribution in [0, 0.1) is 11.8 Å². The molecule has 0 aliphatic heterocycles. The maximum Gasteiger partial charge on any atom is 0.0587 e. The molecule has 3 heteroatoms. The Kier molecular flexibility index (Phi) is 7.81. The van der Waals surface area contributed by atoms with Crippen molar-refractivity contribution >= 4 is 0 Å². The van der Waals surface area contributed by atoms with Crippen molar-refractivity contribution in [2.75, 3.05) is 33.4 Å². The highest BCUT2D eigenvalue weighted by Crippen LogP contribution is 2.31. The lowest BCUT2D eigenvalue weighted by atomic mass is 9.79. The summed E-state index contributed by atoms with van der Waals surface area (Å²) < 4.78 is 4.98. The monoisotopic (exact) mass is 229 g/mol. The normalized spacial score (nSPS) is 19.9. The highest BCUT2D eigenvalue weighted by atomic mass is 16.5. The molecule has 0 amide bonds. The number of aliphatic hydroxyl groups is 1. The van der Waals surface area contributed by atoms with E-state index in [2.05, 4.69) is 5.32 Å². The molecule has 1 saturated carbocycles. The zero-order valence-corrected chi connectivity index (χ0v) is 10.6. The van der Waals surface area contributed by atoms with Crippen molar-refractivity contribution in [1.82, 2.24) is 5.32 Å². The number of aliphatic hydroxyl groups excluding tert-OH is 1. The predicted molar refractivity (Wildman–Crippen MR) is 66.5 cm³/mol. The first kappa shape index (κ1) is 13.9. The second-order valence-electron chi connectivity index (χ2n) is 4.87. The third-order valence-corrected chi connectivity index (χ3v) is 3.73. The average Bonchev–Trinajstić information content (AvgIpc) is 2.35. The predicted octanol–water partition coefficient (Wildman–Crippen LogP) is 1.80. The van der Waals surface area contributed by atoms with E-state index in [4.69, 9.17) is 4.74 Å². The van der Waals surface area contributed by atoms with Crippen molar-refractivity contribution in [3.63, 3.8) is 0 Å². The van der Waals surface area contributed by atoms with E-state index in [0.29, 0.717) is 12.5 Å². The number of methoxy groups -OCH3 is 1. The van der Waals surface area contributed by atoms with Gasteiger partial charge in [0.25, 0.3) is 0 Å². The highest BCUT2D eigenvalue weighted by molar-refractivity contribution is 4.74. The molecule has 0 aromatic carbocycles. The molecule has 1 atom stereocenters. The zero-order chi connectivity index (χ0) is 11.6. The lowest BCUT2D eigenvalue weighted by Crippen LogP contribution is -2.27. The van der Waals surface area contributed by atoms with Crippen LogP contribution in [0.25, 0.3) is 0 Å². The van der Waals surface area contributed by atoms with Crippen molar-refractivity contribution in [2.45, 2.75) is 38.5 Å². The van der Waals surface area contributed by atoms with Crippen LogP contribution in [0.3, 0.4) is 0 Å². The fraction of sp³-hybridized carbons (Fsp3) is 1.00. The SMILES string of the molecule is COCCNCCC(CO)C1CCCCC1. The maximum atomic E-state index is 9.43. The van der Waals surface area contributed by atoms with Crippen molar-refractivity contribution in [2.24, 2.45) is 11.8 Å². The van der Waals surface area contributed by atoms with E-state index in [1.807, 2.05) is 0 Å². The molecule has 0 saturated heterocycles. The van der Waals surface area contributed by atoms with Gasteiger partial charge in [0.15, 0.2) is 0 Å². The van der Waals surface area contributed by atoms with Gasteiger partial charge in [0.2, 0.25) is 0 Å². The standard InChI is InChI=1S/C13H27NO2/c1-16-10-9-14-8-7-13(11-15)12-5-3-2-4-6-12/h12-15H,2-11H2,1H3. The number of ether oxygens (including phenoxy) is 1. The fourth-order valence-corrected chi connectivity index (χ4v) is 2.67. The fourth-order valence-electron chi connectivity index (χ4n) is 2.67. The smallest absolute Gasteiger partial charge is 0.0587 e. The van der Waals surface area contributed by atoms with E-state index in [-0.39, 0.29) is 0 Å². The van der Waals surface area contributed by atoms with E-state index >= 15 is 0 Å². The molecular weight excluding hydrogens is 202 g/mol. The minimum absolute atomic E-state index is 0.358. The van der Waals surface area contributed by atoms with E-state index in [0.717, 1.165) is 32.0 Å². The van der Waals surface area contributed by atoms with Gasteiger partial charge in [-0.05, 0) is 24.8 Å². The molecule has 16 heavy (non-hydrogen) atoms. The van der Waals surface area contributed by atoms with E-state index in [9.17, 15) is 5.11 Å². The van der Waals surface area contributed by atoms with Gasteiger partial charge >= 0.3 is 0 Å². The summed E-state index contributed by atoms with van der Waals surface area (Å²) in [4.78, 5) is 0. The molecular formula is C13H27NO2. The summed E-state index contributed by atoms with van der Waals surface area (Å²) in [5.41, 5.74) is 0. The molecule has 0 spiro atoms. The van der Waals surface area contributed by atoms with Gasteiger partial charge in [-0.25, -0.2) is 0 Å². The van der Waals surface area contributed by atoms with Crippen molar-refractivity contribution in [1.29, 1.82) is 0 Å². The van der Waals surface area contributed by atoms with Gasteiger partial charge in [-0.3, -0.25) is 0 Å². The third-order valence-electron chi connectivity index (χ3n) is 3.73. The highest BCUT2D eigenvalue weighted by Gasteiger charge is 2.22. The first-order valence-electron chi connectivity index (χ1n) is 6.69. The van der Waals surface area contributed by atoms with Crippen molar-refractivity contribution in [3.05, 3.63) is 0 Å². The topological polar surface area (TPSA) is 41.5 Å². The van der Waals surface area contributed by atoms with Gasteiger partial charge in [-0.2, -0.15) is 0 Å². The number of nitrogens with one attached hydrogen (secondary N) is 1. The van der Waals surface area contributed by atoms with Crippen LogP contribution in [0.1, 0.15) is 38.5 Å². The molecule has 1 unspecified atom stereocenters. The first-order valence-corrected chi connectivity index (χ1v) is 6.69. The van der Waals surface area contributed by atoms with Crippen LogP contribution in [0.5, 0.6) is 0 Å². The zero-order valence-electron chi connectivity index (χ0n) is 10.6. The number of rotatable bonds is 8. The quantitative estimate of drug-likeness (QED) is 0.624. The minimum atomic E-state index is 0.358. The summed E-state index contributed by atoms with van der Waals surface area (Å²) in [7, 11) is 1.72. The second-order valence-corrected chi connectivity index (χ2v) is 4.87. The van der Waals surface area contributed by atoms with Crippen LogP contribution in [-0.2, 0) is 4.74 Å². The van der Waals surface area contributed by atoms with Gasteiger partial charge < -0.3 is 15.2 Å². The Bertz CT molecular complexity index is 158. The third kappa shape index (κ3) is 5.28. The Balaban J connectivity index is 2.10. The summed E-state index contributed by atoms with van der Waals surface area (Å²) in [6.07, 6.45) is 7.86. The van der Waals surface area contributed by atoms with Crippen LogP contribution in [0.4, 0.5) is 0 Å². The molecule has 0 bridgehead atoms. The van der Waals surface area contributed by atoms with Gasteiger partial charge in [0, 0.05) is 20.3 Å². The Morgan fingerprint density at radius 1 is 1.25 bits per heavy atom. The van der Waals surface area contributed by atoms with Gasteiger partial charge in [-0.1, -0.05) is 32.1 Å². The number of hydrogen-bond acceptors (Lipinski definition) is 3. The van der Waals surface area contributed by atoms with Crippen LogP contribution >= 0.6 is 0 Å². The van der Waals surface area contributed by atoms with Gasteiger partial charge in [-0.15, -0.1) is 0 Å². The summed E-state index contributed by atoms with van der Waals surface area (Å²) in [6.45, 7) is 3.05. The Morgan fingerprint density at radius 3 is 2.62 bits per heavy atom. The minimum Gasteiger partial charge on any atom is -0.396 e. The molecule has 1 rings (SSSR count). The lowest BCUT2D eigenvalue weighted by molar-refractivity contribution is 0.138. The Hall–Kier alpha value is -0.120. The van der Waals surface area contributed by atoms with Gasteiger partial charge in [0.05, 0.1) is 6.61 Å². The van der Waals surface area contributed by atoms with Crippen molar-refractivity contribution < 1.29 is 9.84 Å². The summed E-state index contributed by atoms with van der Waals surface area (Å²) in [5, 5.41) is 12.8. The van der Waals surface area contributed by atoms with Gasteiger partial charge in [0.1, 0.15) is 0 Å². The van der Waals surface area contributed by atoms with Crippen LogP contribution < -0.4 is 5.32 Å². The molecule has 0 radical (unpaired) electrons. The Labute approximate surface area is 99.6 Å². The molecule has 1 fully saturated rings. The Morgan fingerprint density at radius 2 is 2.00 bits per heavy atom. The molecule has 96 valence electrons. The molecule has 0 aromatic heterocycles. The van der Waals surface area contributed by atoms with Crippen LogP contribution in [0.2, 0.25) is 0 Å². The average molecular weight is 229 g/mol. The number of hydrogen-bond donors (Lipinski definition) is 2. The summed E-state index contributed by atoms with van der Waals surface area (Å²) in [6, 6.07) is 0. The van der Waals surface area contributed by atoms with Crippen molar-refractivity contribution in [3.8, 4) is 0 Å². The van der Waals surface area contributed by atoms with E-state index in [1.54, 1.807) is 7.11 Å². The maximum absolute atomic E-state index is 9.43. The second kappa shape index (κ2) is 8.97. The molecule has 2 N–H and O–H groups in total. The molecule has 3 nitrogen and oxygen atoms in total. The first-order chi connectivity index (χ1) is 7.88. The van der Waals surface area contributed by atoms with E-state index < -0.39 is 0 Å². The largest absolute Gasteiger partial charge is 0.396 e.